The van der Waals surface area contributed by atoms with Crippen molar-refractivity contribution in [2.45, 2.75) is 33.9 Å². The predicted molar refractivity (Wildman–Crippen MR) is 89.7 cm³/mol. The molecule has 2 aromatic heterocycles. The quantitative estimate of drug-likeness (QED) is 0.852. The molecule has 2 heterocycles. The lowest BCUT2D eigenvalue weighted by Gasteiger charge is -2.15. The van der Waals surface area contributed by atoms with Gasteiger partial charge >= 0.3 is 0 Å². The highest BCUT2D eigenvalue weighted by atomic mass is 32.1. The molecular formula is C16H24N4S. The zero-order valence-electron chi connectivity index (χ0n) is 13.3. The van der Waals surface area contributed by atoms with Crippen LogP contribution in [0.1, 0.15) is 30.0 Å². The number of hydrogen-bond donors (Lipinski definition) is 1. The Bertz CT molecular complexity index is 551. The molecule has 2 aromatic rings. The molecule has 0 radical (unpaired) electrons. The molecule has 4 nitrogen and oxygen atoms in total. The van der Waals surface area contributed by atoms with Crippen LogP contribution < -0.4 is 10.2 Å². The molecule has 0 bridgehead atoms. The molecule has 0 aliphatic heterocycles. The highest BCUT2D eigenvalue weighted by molar-refractivity contribution is 7.15. The highest BCUT2D eigenvalue weighted by Crippen LogP contribution is 2.26. The van der Waals surface area contributed by atoms with E-state index in [0.717, 1.165) is 30.5 Å². The van der Waals surface area contributed by atoms with Gasteiger partial charge in [0.25, 0.3) is 0 Å². The van der Waals surface area contributed by atoms with Crippen LogP contribution in [-0.4, -0.2) is 23.6 Å². The Hall–Kier alpha value is -1.46. The third kappa shape index (κ3) is 4.79. The second-order valence-corrected chi connectivity index (χ2v) is 6.80. The number of rotatable bonds is 7. The first-order valence-electron chi connectivity index (χ1n) is 7.33. The second kappa shape index (κ2) is 7.52. The van der Waals surface area contributed by atoms with Crippen molar-refractivity contribution in [2.24, 2.45) is 5.92 Å². The van der Waals surface area contributed by atoms with Gasteiger partial charge in [-0.1, -0.05) is 13.8 Å². The van der Waals surface area contributed by atoms with Crippen molar-refractivity contribution in [3.8, 4) is 0 Å². The van der Waals surface area contributed by atoms with Crippen LogP contribution in [0.2, 0.25) is 0 Å². The molecule has 0 atom stereocenters. The summed E-state index contributed by atoms with van der Waals surface area (Å²) in [5.74, 6) is 0.673. The minimum Gasteiger partial charge on any atom is -0.347 e. The monoisotopic (exact) mass is 304 g/mol. The van der Waals surface area contributed by atoms with Gasteiger partial charge in [-0.25, -0.2) is 4.98 Å². The van der Waals surface area contributed by atoms with Crippen LogP contribution in [0.15, 0.2) is 24.5 Å². The molecule has 1 N–H and O–H groups in total. The number of aromatic nitrogens is 2. The first-order chi connectivity index (χ1) is 10.1. The normalized spacial score (nSPS) is 11.1. The van der Waals surface area contributed by atoms with Crippen LogP contribution in [0.25, 0.3) is 0 Å². The lowest BCUT2D eigenvalue weighted by atomic mass is 10.2. The van der Waals surface area contributed by atoms with Gasteiger partial charge in [-0.05, 0) is 37.1 Å². The van der Waals surface area contributed by atoms with Gasteiger partial charge in [-0.3, -0.25) is 4.98 Å². The van der Waals surface area contributed by atoms with Crippen molar-refractivity contribution in [1.29, 1.82) is 0 Å². The minimum absolute atomic E-state index is 0.673. The molecule has 114 valence electrons. The molecule has 0 spiro atoms. The summed E-state index contributed by atoms with van der Waals surface area (Å²) in [4.78, 5) is 12.3. The molecule has 0 aliphatic rings. The minimum atomic E-state index is 0.673. The topological polar surface area (TPSA) is 41.1 Å². The van der Waals surface area contributed by atoms with Crippen LogP contribution >= 0.6 is 11.3 Å². The Balaban J connectivity index is 1.97. The van der Waals surface area contributed by atoms with E-state index < -0.39 is 0 Å². The maximum Gasteiger partial charge on any atom is 0.185 e. The number of aryl methyl sites for hydroxylation is 1. The van der Waals surface area contributed by atoms with Gasteiger partial charge in [0.1, 0.15) is 0 Å². The Morgan fingerprint density at radius 1 is 1.29 bits per heavy atom. The van der Waals surface area contributed by atoms with Crippen molar-refractivity contribution in [3.63, 3.8) is 0 Å². The number of hydrogen-bond acceptors (Lipinski definition) is 5. The number of pyridine rings is 1. The average Bonchev–Trinajstić information content (AvgIpc) is 2.81. The van der Waals surface area contributed by atoms with Gasteiger partial charge in [0.05, 0.1) is 5.69 Å². The lowest BCUT2D eigenvalue weighted by Crippen LogP contribution is -2.18. The second-order valence-electron chi connectivity index (χ2n) is 5.74. The Morgan fingerprint density at radius 3 is 2.67 bits per heavy atom. The third-order valence-electron chi connectivity index (χ3n) is 3.22. The smallest absolute Gasteiger partial charge is 0.185 e. The summed E-state index contributed by atoms with van der Waals surface area (Å²) in [7, 11) is 2.09. The fourth-order valence-electron chi connectivity index (χ4n) is 2.04. The van der Waals surface area contributed by atoms with Crippen molar-refractivity contribution in [3.05, 3.63) is 40.7 Å². The van der Waals surface area contributed by atoms with Gasteiger partial charge in [0, 0.05) is 37.4 Å². The number of nitrogens with one attached hydrogen (secondary N) is 1. The van der Waals surface area contributed by atoms with Gasteiger partial charge in [-0.15, -0.1) is 11.3 Å². The van der Waals surface area contributed by atoms with E-state index in [4.69, 9.17) is 4.98 Å². The molecule has 21 heavy (non-hydrogen) atoms. The zero-order chi connectivity index (χ0) is 15.2. The Labute approximate surface area is 131 Å². The first-order valence-corrected chi connectivity index (χ1v) is 8.15. The molecule has 0 aliphatic carbocycles. The molecule has 2 rings (SSSR count). The molecule has 0 saturated heterocycles. The summed E-state index contributed by atoms with van der Waals surface area (Å²) < 4.78 is 0. The largest absolute Gasteiger partial charge is 0.347 e. The summed E-state index contributed by atoms with van der Waals surface area (Å²) >= 11 is 1.78. The summed E-state index contributed by atoms with van der Waals surface area (Å²) in [5.41, 5.74) is 2.38. The average molecular weight is 304 g/mol. The van der Waals surface area contributed by atoms with Gasteiger partial charge in [0.15, 0.2) is 5.13 Å². The fourth-order valence-corrected chi connectivity index (χ4v) is 3.03. The summed E-state index contributed by atoms with van der Waals surface area (Å²) in [5, 5.41) is 4.56. The molecule has 0 saturated carbocycles. The van der Waals surface area contributed by atoms with Crippen LogP contribution in [0.3, 0.4) is 0 Å². The first kappa shape index (κ1) is 15.9. The van der Waals surface area contributed by atoms with E-state index in [1.54, 1.807) is 11.3 Å². The molecule has 5 heteroatoms. The van der Waals surface area contributed by atoms with E-state index in [0.29, 0.717) is 5.92 Å². The SMILES string of the molecule is Cc1nc(N(C)Cc2ccncc2)sc1CNCC(C)C. The van der Waals surface area contributed by atoms with Crippen molar-refractivity contribution >= 4 is 16.5 Å². The number of thiazole rings is 1. The highest BCUT2D eigenvalue weighted by Gasteiger charge is 2.11. The molecule has 0 unspecified atom stereocenters. The van der Waals surface area contributed by atoms with E-state index in [2.05, 4.69) is 43.0 Å². The van der Waals surface area contributed by atoms with Crippen molar-refractivity contribution < 1.29 is 0 Å². The van der Waals surface area contributed by atoms with Gasteiger partial charge in [0.2, 0.25) is 0 Å². The van der Waals surface area contributed by atoms with E-state index >= 15 is 0 Å². The van der Waals surface area contributed by atoms with Crippen LogP contribution in [0.4, 0.5) is 5.13 Å². The van der Waals surface area contributed by atoms with Crippen molar-refractivity contribution in [2.75, 3.05) is 18.5 Å². The Kier molecular flexibility index (Phi) is 5.70. The fraction of sp³-hybridized carbons (Fsp3) is 0.500. The Morgan fingerprint density at radius 2 is 2.00 bits per heavy atom. The molecule has 0 fully saturated rings. The van der Waals surface area contributed by atoms with E-state index in [1.807, 2.05) is 24.5 Å². The zero-order valence-corrected chi connectivity index (χ0v) is 14.1. The van der Waals surface area contributed by atoms with E-state index in [9.17, 15) is 0 Å². The summed E-state index contributed by atoms with van der Waals surface area (Å²) in [6.07, 6.45) is 3.66. The third-order valence-corrected chi connectivity index (χ3v) is 4.49. The standard InChI is InChI=1S/C16H24N4S/c1-12(2)9-18-10-15-13(3)19-16(21-15)20(4)11-14-5-7-17-8-6-14/h5-8,12,18H,9-11H2,1-4H3. The summed E-state index contributed by atoms with van der Waals surface area (Å²) in [6, 6.07) is 4.09. The van der Waals surface area contributed by atoms with Crippen molar-refractivity contribution in [1.82, 2.24) is 15.3 Å². The number of anilines is 1. The summed E-state index contributed by atoms with van der Waals surface area (Å²) in [6.45, 7) is 9.34. The van der Waals surface area contributed by atoms with Crippen LogP contribution in [-0.2, 0) is 13.1 Å². The molecule has 0 aromatic carbocycles. The van der Waals surface area contributed by atoms with Gasteiger partial charge < -0.3 is 10.2 Å². The molecule has 0 amide bonds. The maximum absolute atomic E-state index is 4.69. The lowest BCUT2D eigenvalue weighted by molar-refractivity contribution is 0.554. The van der Waals surface area contributed by atoms with Gasteiger partial charge in [-0.2, -0.15) is 0 Å². The van der Waals surface area contributed by atoms with E-state index in [1.165, 1.54) is 10.4 Å². The van der Waals surface area contributed by atoms with Crippen LogP contribution in [0.5, 0.6) is 0 Å². The predicted octanol–water partition coefficient (Wildman–Crippen LogP) is 3.23. The van der Waals surface area contributed by atoms with E-state index in [-0.39, 0.29) is 0 Å². The number of nitrogens with zero attached hydrogens (tertiary/aromatic N) is 3. The maximum atomic E-state index is 4.69. The molecular weight excluding hydrogens is 280 g/mol. The van der Waals surface area contributed by atoms with Crippen LogP contribution in [0, 0.1) is 12.8 Å².